The van der Waals surface area contributed by atoms with Crippen molar-refractivity contribution in [3.05, 3.63) is 71.3 Å². The summed E-state index contributed by atoms with van der Waals surface area (Å²) >= 11 is 5.98. The number of halogens is 1. The van der Waals surface area contributed by atoms with Crippen molar-refractivity contribution in [2.24, 2.45) is 0 Å². The van der Waals surface area contributed by atoms with Gasteiger partial charge in [-0.1, -0.05) is 18.5 Å². The number of aromatic nitrogens is 2. The smallest absolute Gasteiger partial charge is 0.161 e. The SMILES string of the molecule is CCCN/C(=C\C(C)Nc1cc(C)nc(-c2ccc(Cl)cc2)n1)c1ccco1. The molecule has 0 fully saturated rings. The zero-order valence-electron chi connectivity index (χ0n) is 16.4. The second-order valence-corrected chi connectivity index (χ2v) is 7.08. The number of nitrogens with zero attached hydrogens (tertiary/aromatic N) is 2. The van der Waals surface area contributed by atoms with Gasteiger partial charge in [-0.05, 0) is 62.7 Å². The Kier molecular flexibility index (Phi) is 6.71. The van der Waals surface area contributed by atoms with Crippen LogP contribution in [0.4, 0.5) is 5.82 Å². The zero-order chi connectivity index (χ0) is 19.9. The van der Waals surface area contributed by atoms with E-state index in [1.807, 2.05) is 49.4 Å². The summed E-state index contributed by atoms with van der Waals surface area (Å²) in [6, 6.07) is 13.4. The molecule has 1 atom stereocenters. The molecule has 3 aromatic rings. The Morgan fingerprint density at radius 2 is 2.00 bits per heavy atom. The highest BCUT2D eigenvalue weighted by atomic mass is 35.5. The van der Waals surface area contributed by atoms with Gasteiger partial charge in [-0.25, -0.2) is 9.97 Å². The minimum atomic E-state index is 0.0387. The second kappa shape index (κ2) is 9.42. The Balaban J connectivity index is 1.80. The van der Waals surface area contributed by atoms with Gasteiger partial charge in [0, 0.05) is 34.9 Å². The van der Waals surface area contributed by atoms with Crippen molar-refractivity contribution in [1.29, 1.82) is 0 Å². The first kappa shape index (κ1) is 20.0. The summed E-state index contributed by atoms with van der Waals surface area (Å²) < 4.78 is 5.55. The lowest BCUT2D eigenvalue weighted by molar-refractivity contribution is 0.546. The van der Waals surface area contributed by atoms with Gasteiger partial charge >= 0.3 is 0 Å². The monoisotopic (exact) mass is 396 g/mol. The van der Waals surface area contributed by atoms with E-state index in [9.17, 15) is 0 Å². The number of aryl methyl sites for hydroxylation is 1. The number of nitrogens with one attached hydrogen (secondary N) is 2. The summed E-state index contributed by atoms with van der Waals surface area (Å²) in [5.41, 5.74) is 2.80. The normalized spacial score (nSPS) is 12.6. The predicted octanol–water partition coefficient (Wildman–Crippen LogP) is 5.54. The minimum absolute atomic E-state index is 0.0387. The molecule has 6 heteroatoms. The summed E-state index contributed by atoms with van der Waals surface area (Å²) in [5.74, 6) is 2.27. The van der Waals surface area contributed by atoms with E-state index in [1.54, 1.807) is 6.26 Å². The van der Waals surface area contributed by atoms with Crippen molar-refractivity contribution >= 4 is 23.1 Å². The third-order valence-electron chi connectivity index (χ3n) is 4.10. The summed E-state index contributed by atoms with van der Waals surface area (Å²) in [5, 5.41) is 7.56. The Labute approximate surface area is 170 Å². The van der Waals surface area contributed by atoms with Crippen LogP contribution in [0.25, 0.3) is 17.1 Å². The van der Waals surface area contributed by atoms with Crippen LogP contribution in [-0.4, -0.2) is 22.6 Å². The molecular weight excluding hydrogens is 372 g/mol. The molecule has 0 radical (unpaired) electrons. The van der Waals surface area contributed by atoms with Crippen molar-refractivity contribution in [3.8, 4) is 11.4 Å². The van der Waals surface area contributed by atoms with E-state index in [1.165, 1.54) is 0 Å². The molecule has 0 saturated heterocycles. The highest BCUT2D eigenvalue weighted by Crippen LogP contribution is 2.21. The molecule has 0 aliphatic carbocycles. The molecule has 0 spiro atoms. The van der Waals surface area contributed by atoms with E-state index >= 15 is 0 Å². The standard InChI is InChI=1S/C22H25ClN4O/c1-4-11-24-19(20-6-5-12-28-20)13-15(2)25-21-14-16(3)26-22(27-21)17-7-9-18(23)10-8-17/h5-10,12-15,24H,4,11H2,1-3H3,(H,25,26,27)/b19-13-. The minimum Gasteiger partial charge on any atom is -0.463 e. The quantitative estimate of drug-likeness (QED) is 0.523. The molecule has 0 bridgehead atoms. The lowest BCUT2D eigenvalue weighted by Crippen LogP contribution is -2.19. The van der Waals surface area contributed by atoms with Crippen LogP contribution in [0.1, 0.15) is 31.7 Å². The van der Waals surface area contributed by atoms with E-state index < -0.39 is 0 Å². The summed E-state index contributed by atoms with van der Waals surface area (Å²) in [6.45, 7) is 7.06. The Morgan fingerprint density at radius 3 is 2.68 bits per heavy atom. The lowest BCUT2D eigenvalue weighted by Gasteiger charge is -2.15. The van der Waals surface area contributed by atoms with Crippen molar-refractivity contribution in [2.75, 3.05) is 11.9 Å². The molecule has 28 heavy (non-hydrogen) atoms. The number of rotatable bonds is 8. The van der Waals surface area contributed by atoms with Gasteiger partial charge in [-0.15, -0.1) is 0 Å². The van der Waals surface area contributed by atoms with Crippen molar-refractivity contribution in [3.63, 3.8) is 0 Å². The first-order valence-corrected chi connectivity index (χ1v) is 9.80. The van der Waals surface area contributed by atoms with Gasteiger partial charge in [0.2, 0.25) is 0 Å². The van der Waals surface area contributed by atoms with E-state index in [0.29, 0.717) is 10.8 Å². The highest BCUT2D eigenvalue weighted by molar-refractivity contribution is 6.30. The van der Waals surface area contributed by atoms with Crippen LogP contribution in [0.5, 0.6) is 0 Å². The lowest BCUT2D eigenvalue weighted by atomic mass is 10.2. The molecule has 3 rings (SSSR count). The number of furan rings is 1. The van der Waals surface area contributed by atoms with Gasteiger partial charge in [0.25, 0.3) is 0 Å². The van der Waals surface area contributed by atoms with Crippen LogP contribution < -0.4 is 10.6 Å². The first-order valence-electron chi connectivity index (χ1n) is 9.43. The summed E-state index contributed by atoms with van der Waals surface area (Å²) in [7, 11) is 0. The zero-order valence-corrected chi connectivity index (χ0v) is 17.1. The van der Waals surface area contributed by atoms with Crippen LogP contribution in [0.3, 0.4) is 0 Å². The van der Waals surface area contributed by atoms with E-state index in [0.717, 1.165) is 41.5 Å². The fourth-order valence-corrected chi connectivity index (χ4v) is 2.94. The molecule has 1 aromatic carbocycles. The van der Waals surface area contributed by atoms with Gasteiger partial charge in [0.15, 0.2) is 5.82 Å². The van der Waals surface area contributed by atoms with Crippen LogP contribution in [0.15, 0.2) is 59.2 Å². The number of hydrogen-bond acceptors (Lipinski definition) is 5. The van der Waals surface area contributed by atoms with Crippen LogP contribution >= 0.6 is 11.6 Å². The summed E-state index contributed by atoms with van der Waals surface area (Å²) in [6.07, 6.45) is 4.82. The van der Waals surface area contributed by atoms with Gasteiger partial charge in [0.1, 0.15) is 11.6 Å². The van der Waals surface area contributed by atoms with Crippen LogP contribution in [0.2, 0.25) is 5.02 Å². The fourth-order valence-electron chi connectivity index (χ4n) is 2.82. The number of anilines is 1. The van der Waals surface area contributed by atoms with Crippen molar-refractivity contribution in [1.82, 2.24) is 15.3 Å². The maximum Gasteiger partial charge on any atom is 0.161 e. The van der Waals surface area contributed by atoms with E-state index in [-0.39, 0.29) is 6.04 Å². The molecule has 146 valence electrons. The molecule has 0 saturated carbocycles. The van der Waals surface area contributed by atoms with Crippen LogP contribution in [-0.2, 0) is 0 Å². The maximum absolute atomic E-state index is 5.98. The van der Waals surface area contributed by atoms with Gasteiger partial charge in [-0.2, -0.15) is 0 Å². The number of benzene rings is 1. The number of hydrogen-bond donors (Lipinski definition) is 2. The Morgan fingerprint density at radius 1 is 1.21 bits per heavy atom. The average molecular weight is 397 g/mol. The Bertz CT molecular complexity index is 920. The van der Waals surface area contributed by atoms with Crippen molar-refractivity contribution in [2.45, 2.75) is 33.2 Å². The maximum atomic E-state index is 5.98. The van der Waals surface area contributed by atoms with Gasteiger partial charge < -0.3 is 15.1 Å². The van der Waals surface area contributed by atoms with Crippen LogP contribution in [0, 0.1) is 6.92 Å². The molecule has 1 unspecified atom stereocenters. The molecule has 0 aliphatic heterocycles. The second-order valence-electron chi connectivity index (χ2n) is 6.64. The van der Waals surface area contributed by atoms with E-state index in [2.05, 4.69) is 40.5 Å². The van der Waals surface area contributed by atoms with Crippen molar-refractivity contribution < 1.29 is 4.42 Å². The third kappa shape index (κ3) is 5.36. The fraction of sp³-hybridized carbons (Fsp3) is 0.273. The molecule has 0 amide bonds. The summed E-state index contributed by atoms with van der Waals surface area (Å²) in [4.78, 5) is 9.21. The van der Waals surface area contributed by atoms with E-state index in [4.69, 9.17) is 16.0 Å². The third-order valence-corrected chi connectivity index (χ3v) is 4.35. The molecular formula is C22H25ClN4O. The topological polar surface area (TPSA) is 63.0 Å². The largest absolute Gasteiger partial charge is 0.463 e. The van der Waals surface area contributed by atoms with Gasteiger partial charge in [-0.3, -0.25) is 0 Å². The molecule has 0 aliphatic rings. The predicted molar refractivity (Wildman–Crippen MR) is 115 cm³/mol. The molecule has 2 aromatic heterocycles. The highest BCUT2D eigenvalue weighted by Gasteiger charge is 2.10. The Hall–Kier alpha value is -2.79. The molecule has 2 heterocycles. The molecule has 2 N–H and O–H groups in total. The first-order chi connectivity index (χ1) is 13.5. The average Bonchev–Trinajstić information content (AvgIpc) is 3.20. The molecule has 5 nitrogen and oxygen atoms in total. The van der Waals surface area contributed by atoms with Gasteiger partial charge in [0.05, 0.1) is 12.0 Å².